The number of hydrogen-bond acceptors (Lipinski definition) is 3. The van der Waals surface area contributed by atoms with Crippen molar-refractivity contribution in [1.29, 1.82) is 0 Å². The lowest BCUT2D eigenvalue weighted by Crippen LogP contribution is -2.33. The van der Waals surface area contributed by atoms with E-state index < -0.39 is 0 Å². The normalized spacial score (nSPS) is 19.1. The molecule has 3 heteroatoms. The maximum atomic E-state index is 9.97. The molecule has 1 heterocycles. The van der Waals surface area contributed by atoms with Crippen LogP contribution in [0.3, 0.4) is 0 Å². The van der Waals surface area contributed by atoms with Crippen LogP contribution in [0.1, 0.15) is 32.6 Å². The number of benzene rings is 1. The van der Waals surface area contributed by atoms with Gasteiger partial charge in [0.25, 0.3) is 0 Å². The molecule has 1 atom stereocenters. The minimum atomic E-state index is 0.321. The Morgan fingerprint density at radius 2 is 2.22 bits per heavy atom. The summed E-state index contributed by atoms with van der Waals surface area (Å²) >= 11 is 0. The minimum absolute atomic E-state index is 0.321. The molecule has 0 spiro atoms. The van der Waals surface area contributed by atoms with Crippen molar-refractivity contribution in [3.63, 3.8) is 0 Å². The highest BCUT2D eigenvalue weighted by Crippen LogP contribution is 2.28. The molecule has 0 bridgehead atoms. The van der Waals surface area contributed by atoms with Gasteiger partial charge in [0.15, 0.2) is 0 Å². The summed E-state index contributed by atoms with van der Waals surface area (Å²) in [5, 5.41) is 9.97. The molecule has 0 amide bonds. The molecule has 1 aliphatic heterocycles. The summed E-state index contributed by atoms with van der Waals surface area (Å²) in [6.07, 6.45) is 4.92. The van der Waals surface area contributed by atoms with E-state index in [4.69, 9.17) is 4.74 Å². The zero-order valence-corrected chi connectivity index (χ0v) is 11.1. The molecule has 18 heavy (non-hydrogen) atoms. The molecule has 1 saturated heterocycles. The molecule has 2 rings (SSSR count). The monoisotopic (exact) mass is 249 g/mol. The van der Waals surface area contributed by atoms with Gasteiger partial charge in [0.05, 0.1) is 11.8 Å². The first kappa shape index (κ1) is 13.2. The lowest BCUT2D eigenvalue weighted by atomic mass is 10.2. The van der Waals surface area contributed by atoms with Gasteiger partial charge in [-0.25, -0.2) is 0 Å². The Morgan fingerprint density at radius 3 is 2.89 bits per heavy atom. The number of rotatable bonds is 6. The molecule has 0 aliphatic carbocycles. The molecule has 3 nitrogen and oxygen atoms in total. The van der Waals surface area contributed by atoms with Crippen LogP contribution in [0, 0.1) is 0 Å². The number of unbranched alkanes of at least 4 members (excludes halogenated alkanes) is 1. The Morgan fingerprint density at radius 1 is 1.39 bits per heavy atom. The summed E-state index contributed by atoms with van der Waals surface area (Å²) in [7, 11) is 0. The lowest BCUT2D eigenvalue weighted by molar-refractivity contribution is 0.115. The topological polar surface area (TPSA) is 32.7 Å². The minimum Gasteiger partial charge on any atom is -0.506 e. The number of para-hydroxylation sites is 2. The lowest BCUT2D eigenvalue weighted by Gasteiger charge is -2.28. The van der Waals surface area contributed by atoms with Gasteiger partial charge in [-0.15, -0.1) is 0 Å². The first-order valence-electron chi connectivity index (χ1n) is 6.96. The summed E-state index contributed by atoms with van der Waals surface area (Å²) < 4.78 is 5.70. The summed E-state index contributed by atoms with van der Waals surface area (Å²) in [6.45, 7) is 4.94. The Hall–Kier alpha value is -1.22. The van der Waals surface area contributed by atoms with Crippen molar-refractivity contribution in [2.75, 3.05) is 24.6 Å². The number of phenolic OH excluding ortho intramolecular Hbond substituents is 1. The maximum absolute atomic E-state index is 9.97. The fraction of sp³-hybridized carbons (Fsp3) is 0.600. The van der Waals surface area contributed by atoms with E-state index >= 15 is 0 Å². The van der Waals surface area contributed by atoms with Crippen LogP contribution in [-0.4, -0.2) is 30.9 Å². The van der Waals surface area contributed by atoms with Gasteiger partial charge in [-0.1, -0.05) is 25.5 Å². The molecule has 1 unspecified atom stereocenters. The highest BCUT2D eigenvalue weighted by Gasteiger charge is 2.20. The fourth-order valence-electron chi connectivity index (χ4n) is 2.42. The fourth-order valence-corrected chi connectivity index (χ4v) is 2.42. The van der Waals surface area contributed by atoms with E-state index in [-0.39, 0.29) is 0 Å². The predicted molar refractivity (Wildman–Crippen MR) is 74.2 cm³/mol. The van der Waals surface area contributed by atoms with E-state index in [1.807, 2.05) is 18.2 Å². The Kier molecular flexibility index (Phi) is 4.88. The summed E-state index contributed by atoms with van der Waals surface area (Å²) in [6, 6.07) is 7.58. The van der Waals surface area contributed by atoms with Crippen LogP contribution in [0.15, 0.2) is 24.3 Å². The van der Waals surface area contributed by atoms with E-state index in [0.717, 1.165) is 51.1 Å². The predicted octanol–water partition coefficient (Wildman–Crippen LogP) is 3.18. The molecule has 0 saturated carbocycles. The Balaban J connectivity index is 2.06. The van der Waals surface area contributed by atoms with Crippen molar-refractivity contribution in [1.82, 2.24) is 0 Å². The van der Waals surface area contributed by atoms with Gasteiger partial charge in [-0.3, -0.25) is 0 Å². The largest absolute Gasteiger partial charge is 0.506 e. The molecule has 100 valence electrons. The van der Waals surface area contributed by atoms with Crippen LogP contribution < -0.4 is 4.90 Å². The molecule has 1 fully saturated rings. The van der Waals surface area contributed by atoms with Crippen LogP contribution in [0.2, 0.25) is 0 Å². The molecule has 0 aromatic heterocycles. The van der Waals surface area contributed by atoms with E-state index in [2.05, 4.69) is 11.8 Å². The third kappa shape index (κ3) is 3.39. The molecule has 1 aliphatic rings. The standard InChI is InChI=1S/C15H23NO2/c1-2-3-10-16(12-13-7-6-11-18-13)14-8-4-5-9-15(14)17/h4-5,8-9,13,17H,2-3,6-7,10-12H2,1H3. The zero-order chi connectivity index (χ0) is 12.8. The average molecular weight is 249 g/mol. The third-order valence-corrected chi connectivity index (χ3v) is 3.45. The van der Waals surface area contributed by atoms with E-state index in [1.54, 1.807) is 6.07 Å². The number of phenols is 1. The summed E-state index contributed by atoms with van der Waals surface area (Å²) in [5.41, 5.74) is 0.932. The van der Waals surface area contributed by atoms with Crippen molar-refractivity contribution in [2.24, 2.45) is 0 Å². The third-order valence-electron chi connectivity index (χ3n) is 3.45. The number of hydrogen-bond donors (Lipinski definition) is 1. The first-order chi connectivity index (χ1) is 8.81. The maximum Gasteiger partial charge on any atom is 0.138 e. The number of aromatic hydroxyl groups is 1. The van der Waals surface area contributed by atoms with Crippen LogP contribution >= 0.6 is 0 Å². The van der Waals surface area contributed by atoms with Gasteiger partial charge in [0.1, 0.15) is 5.75 Å². The highest BCUT2D eigenvalue weighted by atomic mass is 16.5. The molecule has 1 aromatic rings. The molecular formula is C15H23NO2. The van der Waals surface area contributed by atoms with E-state index in [1.165, 1.54) is 0 Å². The summed E-state index contributed by atoms with van der Waals surface area (Å²) in [5.74, 6) is 0.367. The van der Waals surface area contributed by atoms with Gasteiger partial charge >= 0.3 is 0 Å². The van der Waals surface area contributed by atoms with Crippen molar-refractivity contribution >= 4 is 5.69 Å². The molecular weight excluding hydrogens is 226 g/mol. The van der Waals surface area contributed by atoms with Crippen LogP contribution in [0.25, 0.3) is 0 Å². The van der Waals surface area contributed by atoms with Crippen LogP contribution in [0.5, 0.6) is 5.75 Å². The second-order valence-corrected chi connectivity index (χ2v) is 4.92. The second-order valence-electron chi connectivity index (χ2n) is 4.92. The molecule has 0 radical (unpaired) electrons. The van der Waals surface area contributed by atoms with E-state index in [9.17, 15) is 5.11 Å². The average Bonchev–Trinajstić information content (AvgIpc) is 2.88. The van der Waals surface area contributed by atoms with Gasteiger partial charge in [0, 0.05) is 19.7 Å². The van der Waals surface area contributed by atoms with E-state index in [0.29, 0.717) is 11.9 Å². The van der Waals surface area contributed by atoms with Crippen LogP contribution in [0.4, 0.5) is 5.69 Å². The van der Waals surface area contributed by atoms with Gasteiger partial charge in [-0.05, 0) is 31.4 Å². The first-order valence-corrected chi connectivity index (χ1v) is 6.96. The number of ether oxygens (including phenoxy) is 1. The van der Waals surface area contributed by atoms with Crippen molar-refractivity contribution in [3.8, 4) is 5.75 Å². The summed E-state index contributed by atoms with van der Waals surface area (Å²) in [4.78, 5) is 2.26. The van der Waals surface area contributed by atoms with Crippen molar-refractivity contribution in [2.45, 2.75) is 38.7 Å². The molecule has 1 N–H and O–H groups in total. The SMILES string of the molecule is CCCCN(CC1CCCO1)c1ccccc1O. The van der Waals surface area contributed by atoms with Crippen molar-refractivity contribution in [3.05, 3.63) is 24.3 Å². The van der Waals surface area contributed by atoms with Gasteiger partial charge in [0.2, 0.25) is 0 Å². The van der Waals surface area contributed by atoms with Gasteiger partial charge < -0.3 is 14.7 Å². The number of nitrogens with zero attached hydrogens (tertiary/aromatic N) is 1. The quantitative estimate of drug-likeness (QED) is 0.840. The Labute approximate surface area is 109 Å². The zero-order valence-electron chi connectivity index (χ0n) is 11.1. The molecule has 1 aromatic carbocycles. The van der Waals surface area contributed by atoms with Gasteiger partial charge in [-0.2, -0.15) is 0 Å². The smallest absolute Gasteiger partial charge is 0.138 e. The van der Waals surface area contributed by atoms with Crippen LogP contribution in [-0.2, 0) is 4.74 Å². The highest BCUT2D eigenvalue weighted by molar-refractivity contribution is 5.57. The van der Waals surface area contributed by atoms with Crippen molar-refractivity contribution < 1.29 is 9.84 Å². The Bertz CT molecular complexity index is 361. The second kappa shape index (κ2) is 6.64. The number of anilines is 1.